The van der Waals surface area contributed by atoms with Crippen LogP contribution in [0, 0.1) is 39.9 Å². The summed E-state index contributed by atoms with van der Waals surface area (Å²) in [5.74, 6) is -0.146. The van der Waals surface area contributed by atoms with E-state index in [4.69, 9.17) is 4.74 Å². The third kappa shape index (κ3) is 11.4. The van der Waals surface area contributed by atoms with Gasteiger partial charge in [-0.3, -0.25) is 14.6 Å². The molecule has 4 fully saturated rings. The number of hydrogen-bond donors (Lipinski definition) is 1. The van der Waals surface area contributed by atoms with Crippen molar-refractivity contribution in [1.29, 1.82) is 5.26 Å². The zero-order valence-electron chi connectivity index (χ0n) is 36.7. The number of hydrogen-bond acceptors (Lipinski definition) is 9. The maximum atomic E-state index is 13.9. The largest absolute Gasteiger partial charge is 0.490 e. The first kappa shape index (κ1) is 47.0. The lowest BCUT2D eigenvalue weighted by molar-refractivity contribution is -0.203. The Balaban J connectivity index is 1.25. The summed E-state index contributed by atoms with van der Waals surface area (Å²) in [5, 5.41) is 12.5. The molecule has 3 saturated carbocycles. The van der Waals surface area contributed by atoms with Gasteiger partial charge in [0, 0.05) is 43.8 Å². The van der Waals surface area contributed by atoms with Crippen LogP contribution >= 0.6 is 0 Å². The predicted molar refractivity (Wildman–Crippen MR) is 230 cm³/mol. The van der Waals surface area contributed by atoms with Crippen molar-refractivity contribution in [3.05, 3.63) is 95.1 Å². The lowest BCUT2D eigenvalue weighted by Gasteiger charge is -2.62. The van der Waals surface area contributed by atoms with Crippen LogP contribution in [-0.2, 0) is 44.0 Å². The van der Waals surface area contributed by atoms with Gasteiger partial charge in [-0.25, -0.2) is 13.2 Å². The lowest BCUT2D eigenvalue weighted by atomic mass is 9.45. The predicted octanol–water partition coefficient (Wildman–Crippen LogP) is 8.24. The first-order chi connectivity index (χ1) is 29.0. The summed E-state index contributed by atoms with van der Waals surface area (Å²) < 4.78 is 78.5. The molecule has 1 aliphatic heterocycles. The Morgan fingerprint density at radius 3 is 2.34 bits per heavy atom. The number of halogens is 3. The Kier molecular flexibility index (Phi) is 14.2. The van der Waals surface area contributed by atoms with Crippen molar-refractivity contribution in [3.8, 4) is 17.6 Å². The van der Waals surface area contributed by atoms with Crippen LogP contribution in [0.2, 0.25) is 0 Å². The van der Waals surface area contributed by atoms with E-state index in [0.717, 1.165) is 17.5 Å². The fourth-order valence-electron chi connectivity index (χ4n) is 9.72. The van der Waals surface area contributed by atoms with Gasteiger partial charge in [0.1, 0.15) is 24.3 Å². The van der Waals surface area contributed by atoms with Crippen molar-refractivity contribution in [2.24, 2.45) is 28.6 Å². The van der Waals surface area contributed by atoms with Crippen molar-refractivity contribution in [3.63, 3.8) is 0 Å². The molecular weight excluding hydrogens is 820 g/mol. The number of rotatable bonds is 16. The van der Waals surface area contributed by atoms with Gasteiger partial charge in [0.05, 0.1) is 17.4 Å². The van der Waals surface area contributed by atoms with Crippen LogP contribution in [-0.4, -0.2) is 84.8 Å². The second-order valence-corrected chi connectivity index (χ2v) is 21.4. The summed E-state index contributed by atoms with van der Waals surface area (Å²) in [6.45, 7) is 13.4. The SMILES string of the molecule is CC1C(NC(=O)C2CCS(=O)(=O)N2Cc2cccc(CN(Cc3ccccc3Oc3ccc(C#N)cc3)C(CN(C)COC(=O)C(F)(F)F)CC(C)(C)C)c2)CC2CC1C2(C)C. The average Bonchev–Trinajstić information content (AvgIpc) is 3.50. The molecule has 62 heavy (non-hydrogen) atoms. The van der Waals surface area contributed by atoms with Crippen molar-refractivity contribution in [2.75, 3.05) is 26.1 Å². The van der Waals surface area contributed by atoms with Crippen LogP contribution in [0.3, 0.4) is 0 Å². The van der Waals surface area contributed by atoms with E-state index in [9.17, 15) is 36.4 Å². The molecule has 1 N–H and O–H groups in total. The third-order valence-electron chi connectivity index (χ3n) is 13.1. The van der Waals surface area contributed by atoms with Crippen molar-refractivity contribution < 1.29 is 40.7 Å². The average molecular weight is 880 g/mol. The Hall–Kier alpha value is -4.49. The van der Waals surface area contributed by atoms with E-state index in [-0.39, 0.29) is 54.1 Å². The molecular formula is C47H60F3N5O6S. The molecule has 15 heteroatoms. The third-order valence-corrected chi connectivity index (χ3v) is 15.0. The highest BCUT2D eigenvalue weighted by Gasteiger charge is 2.57. The van der Waals surface area contributed by atoms with Gasteiger partial charge in [-0.1, -0.05) is 84.0 Å². The van der Waals surface area contributed by atoms with Gasteiger partial charge >= 0.3 is 12.1 Å². The number of nitrogens with zero attached hydrogens (tertiary/aromatic N) is 4. The zero-order chi connectivity index (χ0) is 45.2. The van der Waals surface area contributed by atoms with E-state index in [2.05, 4.69) is 62.6 Å². The summed E-state index contributed by atoms with van der Waals surface area (Å²) in [5.41, 5.74) is 2.90. The van der Waals surface area contributed by atoms with Gasteiger partial charge in [-0.2, -0.15) is 22.7 Å². The Morgan fingerprint density at radius 2 is 1.69 bits per heavy atom. The van der Waals surface area contributed by atoms with Crippen LogP contribution in [0.4, 0.5) is 13.2 Å². The molecule has 1 saturated heterocycles. The van der Waals surface area contributed by atoms with E-state index in [1.54, 1.807) is 36.2 Å². The summed E-state index contributed by atoms with van der Waals surface area (Å²) >= 11 is 0. The van der Waals surface area contributed by atoms with E-state index in [0.29, 0.717) is 59.9 Å². The topological polar surface area (TPSA) is 132 Å². The number of benzene rings is 3. The Bertz CT molecular complexity index is 2220. The fourth-order valence-corrected chi connectivity index (χ4v) is 11.4. The lowest BCUT2D eigenvalue weighted by Crippen LogP contribution is -2.61. The van der Waals surface area contributed by atoms with Crippen molar-refractivity contribution >= 4 is 21.9 Å². The van der Waals surface area contributed by atoms with Crippen LogP contribution in [0.5, 0.6) is 11.5 Å². The van der Waals surface area contributed by atoms with E-state index in [1.165, 1.54) is 10.7 Å². The Labute approximate surface area is 364 Å². The molecule has 1 amide bonds. The van der Waals surface area contributed by atoms with Crippen molar-refractivity contribution in [2.45, 2.75) is 111 Å². The van der Waals surface area contributed by atoms with Gasteiger partial charge < -0.3 is 14.8 Å². The number of para-hydroxylation sites is 1. The summed E-state index contributed by atoms with van der Waals surface area (Å²) in [4.78, 5) is 29.2. The molecule has 11 nitrogen and oxygen atoms in total. The standard InChI is InChI=1S/C47H60F3N5O6S/c1-31-39-22-36(46(39,5)6)23-40(31)52-43(56)41-19-20-62(58,59)55(41)27-34-12-10-11-33(21-34)26-54(37(24-45(2,3)4)29-53(7)30-60-44(57)47(48,49)50)28-35-13-8-9-14-42(35)61-38-17-15-32(25-51)16-18-38/h8-18,21,31,36-37,39-41H,19-20,22-24,26-30H2,1-7H3,(H,52,56). The van der Waals surface area contributed by atoms with Crippen LogP contribution < -0.4 is 10.1 Å². The normalized spacial score (nSPS) is 23.6. The van der Waals surface area contributed by atoms with Crippen molar-refractivity contribution in [1.82, 2.24) is 19.4 Å². The highest BCUT2D eigenvalue weighted by atomic mass is 32.2. The number of amides is 1. The molecule has 3 aliphatic carbocycles. The van der Waals surface area contributed by atoms with Gasteiger partial charge in [0.2, 0.25) is 15.9 Å². The monoisotopic (exact) mass is 879 g/mol. The molecule has 4 aliphatic rings. The second-order valence-electron chi connectivity index (χ2n) is 19.3. The number of esters is 1. The molecule has 6 atom stereocenters. The van der Waals surface area contributed by atoms with Crippen LogP contribution in [0.1, 0.15) is 89.5 Å². The molecule has 0 aromatic heterocycles. The Morgan fingerprint density at radius 1 is 1.00 bits per heavy atom. The minimum Gasteiger partial charge on any atom is -0.457 e. The number of alkyl halides is 3. The van der Waals surface area contributed by atoms with Gasteiger partial charge in [-0.15, -0.1) is 0 Å². The van der Waals surface area contributed by atoms with E-state index >= 15 is 0 Å². The molecule has 1 heterocycles. The highest BCUT2D eigenvalue weighted by molar-refractivity contribution is 7.89. The number of nitriles is 1. The van der Waals surface area contributed by atoms with E-state index in [1.807, 2.05) is 48.5 Å². The molecule has 0 spiro atoms. The molecule has 3 aromatic carbocycles. The summed E-state index contributed by atoms with van der Waals surface area (Å²) in [6, 6.07) is 22.9. The smallest absolute Gasteiger partial charge is 0.457 e. The molecule has 0 radical (unpaired) electrons. The first-order valence-corrected chi connectivity index (χ1v) is 22.9. The molecule has 2 bridgehead atoms. The number of carbonyl (C=O) groups is 2. The molecule has 6 unspecified atom stereocenters. The van der Waals surface area contributed by atoms with Crippen LogP contribution in [0.15, 0.2) is 72.8 Å². The number of sulfonamides is 1. The number of carbonyl (C=O) groups excluding carboxylic acids is 2. The number of ether oxygens (including phenoxy) is 2. The number of likely N-dealkylation sites (N-methyl/N-ethyl adjacent to an activating group) is 1. The maximum Gasteiger partial charge on any atom is 0.490 e. The first-order valence-electron chi connectivity index (χ1n) is 21.3. The van der Waals surface area contributed by atoms with Gasteiger partial charge in [0.15, 0.2) is 0 Å². The maximum absolute atomic E-state index is 13.9. The number of nitrogens with one attached hydrogen (secondary N) is 1. The quantitative estimate of drug-likeness (QED) is 0.112. The summed E-state index contributed by atoms with van der Waals surface area (Å²) in [7, 11) is -2.11. The molecule has 3 aromatic rings. The van der Waals surface area contributed by atoms with Gasteiger partial charge in [0.25, 0.3) is 0 Å². The number of fused-ring (bicyclic) bond motifs is 2. The second kappa shape index (κ2) is 18.7. The van der Waals surface area contributed by atoms with Crippen LogP contribution in [0.25, 0.3) is 0 Å². The highest BCUT2D eigenvalue weighted by Crippen LogP contribution is 2.61. The minimum absolute atomic E-state index is 0.00941. The van der Waals surface area contributed by atoms with Gasteiger partial charge in [-0.05, 0) is 103 Å². The fraction of sp³-hybridized carbons (Fsp3) is 0.553. The minimum atomic E-state index is -5.12. The zero-order valence-corrected chi connectivity index (χ0v) is 37.6. The molecule has 7 rings (SSSR count). The summed E-state index contributed by atoms with van der Waals surface area (Å²) in [6.07, 6.45) is -2.24. The van der Waals surface area contributed by atoms with E-state index < -0.39 is 34.9 Å². The molecule has 336 valence electrons.